The van der Waals surface area contributed by atoms with Crippen molar-refractivity contribution in [1.82, 2.24) is 29.5 Å². The highest BCUT2D eigenvalue weighted by Gasteiger charge is 2.28. The van der Waals surface area contributed by atoms with Crippen molar-refractivity contribution in [2.45, 2.75) is 26.0 Å². The number of nitrogens with zero attached hydrogens (tertiary/aromatic N) is 6. The molecule has 1 fully saturated rings. The Morgan fingerprint density at radius 1 is 1.21 bits per heavy atom. The van der Waals surface area contributed by atoms with Crippen LogP contribution in [-0.4, -0.2) is 56.9 Å². The van der Waals surface area contributed by atoms with Crippen molar-refractivity contribution in [3.8, 4) is 34.3 Å². The lowest BCUT2D eigenvalue weighted by molar-refractivity contribution is 0.174. The molecule has 6 rings (SSSR count). The number of imidazole rings is 1. The third-order valence-electron chi connectivity index (χ3n) is 6.19. The largest absolute Gasteiger partial charge is 0.497 e. The zero-order chi connectivity index (χ0) is 22.4. The van der Waals surface area contributed by atoms with Crippen LogP contribution in [0.5, 0.6) is 5.75 Å². The molecule has 3 aromatic heterocycles. The van der Waals surface area contributed by atoms with Gasteiger partial charge in [0.15, 0.2) is 11.5 Å². The van der Waals surface area contributed by atoms with Crippen LogP contribution in [-0.2, 0) is 29.0 Å². The molecule has 4 aromatic rings. The summed E-state index contributed by atoms with van der Waals surface area (Å²) in [5, 5.41) is 8.99. The monoisotopic (exact) mass is 448 g/mol. The summed E-state index contributed by atoms with van der Waals surface area (Å²) >= 11 is 0. The molecule has 1 saturated heterocycles. The number of aromatic nitrogens is 6. The molecule has 0 bridgehead atoms. The van der Waals surface area contributed by atoms with Crippen molar-refractivity contribution in [2.75, 3.05) is 27.4 Å². The van der Waals surface area contributed by atoms with Gasteiger partial charge in [0.25, 0.3) is 5.89 Å². The van der Waals surface area contributed by atoms with Crippen LogP contribution in [0.2, 0.25) is 0 Å². The van der Waals surface area contributed by atoms with Crippen LogP contribution in [0.1, 0.15) is 23.5 Å². The maximum atomic E-state index is 5.56. The second kappa shape index (κ2) is 8.13. The van der Waals surface area contributed by atoms with Gasteiger partial charge in [-0.3, -0.25) is 4.68 Å². The lowest BCUT2D eigenvalue weighted by Crippen LogP contribution is -2.11. The Balaban J connectivity index is 1.47. The fourth-order valence-electron chi connectivity index (χ4n) is 4.59. The molecule has 33 heavy (non-hydrogen) atoms. The standard InChI is InChI=1S/C23H24N6O4/c1-30-12-20-25-23(33-27-20)22-19-7-15-10-28(9-14-5-6-32-11-14)26-21(15)17-8-16(31-2)3-4-18(17)29(19)13-24-22/h3-4,8,10,13-14H,5-7,9,11-12H2,1-2H3. The second-order valence-corrected chi connectivity index (χ2v) is 8.37. The van der Waals surface area contributed by atoms with Crippen LogP contribution < -0.4 is 4.74 Å². The highest BCUT2D eigenvalue weighted by atomic mass is 16.5. The molecule has 0 aliphatic carbocycles. The predicted molar refractivity (Wildman–Crippen MR) is 117 cm³/mol. The van der Waals surface area contributed by atoms with E-state index in [1.54, 1.807) is 20.5 Å². The zero-order valence-corrected chi connectivity index (χ0v) is 18.5. The fourth-order valence-corrected chi connectivity index (χ4v) is 4.59. The van der Waals surface area contributed by atoms with Crippen molar-refractivity contribution in [2.24, 2.45) is 5.92 Å². The van der Waals surface area contributed by atoms with E-state index in [2.05, 4.69) is 25.9 Å². The molecule has 10 heteroatoms. The third kappa shape index (κ3) is 3.51. The summed E-state index contributed by atoms with van der Waals surface area (Å²) in [6.45, 7) is 2.72. The van der Waals surface area contributed by atoms with E-state index < -0.39 is 0 Å². The normalized spacial score (nSPS) is 16.8. The van der Waals surface area contributed by atoms with Gasteiger partial charge < -0.3 is 23.3 Å². The van der Waals surface area contributed by atoms with Crippen LogP contribution in [0.25, 0.3) is 28.5 Å². The van der Waals surface area contributed by atoms with Gasteiger partial charge >= 0.3 is 0 Å². The smallest absolute Gasteiger partial charge is 0.278 e. The fraction of sp³-hybridized carbons (Fsp3) is 0.391. The first-order valence-electron chi connectivity index (χ1n) is 10.9. The average Bonchev–Trinajstić information content (AvgIpc) is 3.61. The van der Waals surface area contributed by atoms with Crippen molar-refractivity contribution in [3.05, 3.63) is 47.8 Å². The van der Waals surface area contributed by atoms with E-state index in [0.29, 0.717) is 29.7 Å². The van der Waals surface area contributed by atoms with Gasteiger partial charge in [0.2, 0.25) is 0 Å². The van der Waals surface area contributed by atoms with Gasteiger partial charge in [0.05, 0.1) is 30.8 Å². The lowest BCUT2D eigenvalue weighted by atomic mass is 10.0. The summed E-state index contributed by atoms with van der Waals surface area (Å²) in [5.41, 5.74) is 5.67. The van der Waals surface area contributed by atoms with Gasteiger partial charge in [-0.05, 0) is 24.6 Å². The van der Waals surface area contributed by atoms with Crippen LogP contribution in [0.4, 0.5) is 0 Å². The molecule has 0 amide bonds. The summed E-state index contributed by atoms with van der Waals surface area (Å²) in [6, 6.07) is 6.01. The molecule has 0 radical (unpaired) electrons. The van der Waals surface area contributed by atoms with Crippen molar-refractivity contribution in [1.29, 1.82) is 0 Å². The zero-order valence-electron chi connectivity index (χ0n) is 18.5. The van der Waals surface area contributed by atoms with Gasteiger partial charge in [-0.15, -0.1) is 0 Å². The van der Waals surface area contributed by atoms with E-state index in [0.717, 1.165) is 60.1 Å². The lowest BCUT2D eigenvalue weighted by Gasteiger charge is -2.12. The maximum absolute atomic E-state index is 5.56. The van der Waals surface area contributed by atoms with Crippen molar-refractivity contribution < 1.29 is 18.7 Å². The number of fused-ring (bicyclic) bond motifs is 5. The van der Waals surface area contributed by atoms with Gasteiger partial charge in [-0.25, -0.2) is 4.98 Å². The highest BCUT2D eigenvalue weighted by molar-refractivity contribution is 5.77. The molecule has 0 spiro atoms. The van der Waals surface area contributed by atoms with Gasteiger partial charge in [-0.1, -0.05) is 5.16 Å². The topological polar surface area (TPSA) is 102 Å². The molecule has 5 heterocycles. The molecule has 2 aliphatic rings. The SMILES string of the molecule is COCc1noc(-c2ncn3c2Cc2cn(CC4CCOC4)nc2-c2cc(OC)ccc2-3)n1. The quantitative estimate of drug-likeness (QED) is 0.391. The first kappa shape index (κ1) is 20.1. The van der Waals surface area contributed by atoms with E-state index in [4.69, 9.17) is 23.8 Å². The second-order valence-electron chi connectivity index (χ2n) is 8.37. The molecule has 1 atom stereocenters. The van der Waals surface area contributed by atoms with Crippen LogP contribution >= 0.6 is 0 Å². The maximum Gasteiger partial charge on any atom is 0.278 e. The first-order chi connectivity index (χ1) is 16.2. The molecular weight excluding hydrogens is 424 g/mol. The van der Waals surface area contributed by atoms with Crippen LogP contribution in [0.15, 0.2) is 35.2 Å². The van der Waals surface area contributed by atoms with Crippen molar-refractivity contribution in [3.63, 3.8) is 0 Å². The molecule has 0 N–H and O–H groups in total. The Bertz CT molecular complexity index is 1300. The van der Waals surface area contributed by atoms with Gasteiger partial charge in [0, 0.05) is 49.9 Å². The van der Waals surface area contributed by atoms with E-state index in [9.17, 15) is 0 Å². The number of hydrogen-bond acceptors (Lipinski definition) is 8. The summed E-state index contributed by atoms with van der Waals surface area (Å²) in [5.74, 6) is 2.13. The number of ether oxygens (including phenoxy) is 3. The molecular formula is C23H24N6O4. The summed E-state index contributed by atoms with van der Waals surface area (Å²) in [6.07, 6.45) is 5.62. The van der Waals surface area contributed by atoms with E-state index in [1.807, 2.05) is 22.9 Å². The minimum atomic E-state index is 0.282. The Kier molecular flexibility index (Phi) is 4.96. The molecule has 10 nitrogen and oxygen atoms in total. The number of methoxy groups -OCH3 is 2. The number of benzene rings is 1. The van der Waals surface area contributed by atoms with Gasteiger partial charge in [-0.2, -0.15) is 10.1 Å². The van der Waals surface area contributed by atoms with E-state index in [-0.39, 0.29) is 6.61 Å². The van der Waals surface area contributed by atoms with E-state index in [1.165, 1.54) is 0 Å². The summed E-state index contributed by atoms with van der Waals surface area (Å²) in [7, 11) is 3.27. The number of hydrogen-bond donors (Lipinski definition) is 0. The first-order valence-corrected chi connectivity index (χ1v) is 10.9. The predicted octanol–water partition coefficient (Wildman–Crippen LogP) is 2.88. The Morgan fingerprint density at radius 3 is 2.97 bits per heavy atom. The minimum absolute atomic E-state index is 0.282. The molecule has 0 saturated carbocycles. The Labute approximate surface area is 190 Å². The molecule has 1 aromatic carbocycles. The summed E-state index contributed by atoms with van der Waals surface area (Å²) in [4.78, 5) is 9.10. The summed E-state index contributed by atoms with van der Waals surface area (Å²) < 4.78 is 25.8. The average molecular weight is 448 g/mol. The number of rotatable bonds is 6. The molecule has 1 unspecified atom stereocenters. The van der Waals surface area contributed by atoms with Crippen LogP contribution in [0.3, 0.4) is 0 Å². The minimum Gasteiger partial charge on any atom is -0.497 e. The van der Waals surface area contributed by atoms with E-state index >= 15 is 0 Å². The molecule has 170 valence electrons. The third-order valence-corrected chi connectivity index (χ3v) is 6.19. The van der Waals surface area contributed by atoms with Crippen LogP contribution in [0, 0.1) is 5.92 Å². The van der Waals surface area contributed by atoms with Gasteiger partial charge in [0.1, 0.15) is 18.7 Å². The molecule has 2 aliphatic heterocycles. The van der Waals surface area contributed by atoms with Crippen molar-refractivity contribution >= 4 is 0 Å². The highest BCUT2D eigenvalue weighted by Crippen LogP contribution is 2.39. The Hall–Kier alpha value is -3.50. The Morgan fingerprint density at radius 2 is 2.15 bits per heavy atom.